The Hall–Kier alpha value is -1.10. The summed E-state index contributed by atoms with van der Waals surface area (Å²) in [5, 5.41) is 4.14. The average Bonchev–Trinajstić information content (AvgIpc) is 2.86. The number of thiazole rings is 1. The Balaban J connectivity index is 1.96. The topological polar surface area (TPSA) is 42.0 Å². The number of alkyl halides is 1. The van der Waals surface area contributed by atoms with Gasteiger partial charge in [0.15, 0.2) is 5.13 Å². The molecule has 2 aromatic rings. The zero-order valence-corrected chi connectivity index (χ0v) is 13.1. The van der Waals surface area contributed by atoms with Crippen LogP contribution in [0.1, 0.15) is 23.3 Å². The molecule has 0 atom stereocenters. The van der Waals surface area contributed by atoms with E-state index in [9.17, 15) is 4.79 Å². The summed E-state index contributed by atoms with van der Waals surface area (Å²) in [6.45, 7) is 0. The molecule has 1 aromatic heterocycles. The number of benzene rings is 1. The number of hydrogen-bond acceptors (Lipinski definition) is 3. The van der Waals surface area contributed by atoms with E-state index in [1.807, 2.05) is 24.3 Å². The van der Waals surface area contributed by atoms with E-state index >= 15 is 0 Å². The van der Waals surface area contributed by atoms with Crippen LogP contribution in [0.5, 0.6) is 0 Å². The molecular formula is C14H14Cl2N2OS. The molecule has 6 heteroatoms. The fourth-order valence-electron chi connectivity index (χ4n) is 1.69. The minimum Gasteiger partial charge on any atom is -0.302 e. The second-order valence-corrected chi connectivity index (χ2v) is 6.14. The number of nitrogens with one attached hydrogen (secondary N) is 1. The van der Waals surface area contributed by atoms with Gasteiger partial charge >= 0.3 is 0 Å². The molecule has 1 amide bonds. The Morgan fingerprint density at radius 1 is 1.35 bits per heavy atom. The van der Waals surface area contributed by atoms with Gasteiger partial charge in [0.1, 0.15) is 0 Å². The molecule has 20 heavy (non-hydrogen) atoms. The highest BCUT2D eigenvalue weighted by molar-refractivity contribution is 7.15. The lowest BCUT2D eigenvalue weighted by Gasteiger charge is -2.01. The number of rotatable bonds is 6. The lowest BCUT2D eigenvalue weighted by molar-refractivity contribution is -0.116. The first kappa shape index (κ1) is 15.3. The van der Waals surface area contributed by atoms with E-state index in [-0.39, 0.29) is 5.91 Å². The maximum atomic E-state index is 11.6. The van der Waals surface area contributed by atoms with Crippen molar-refractivity contribution in [2.45, 2.75) is 19.3 Å². The van der Waals surface area contributed by atoms with E-state index < -0.39 is 0 Å². The summed E-state index contributed by atoms with van der Waals surface area (Å²) in [7, 11) is 0. The number of carbonyl (C=O) groups is 1. The molecule has 0 aliphatic rings. The van der Waals surface area contributed by atoms with Gasteiger partial charge in [-0.15, -0.1) is 22.9 Å². The molecule has 0 spiro atoms. The molecule has 0 aliphatic carbocycles. The minimum absolute atomic E-state index is 0.0516. The summed E-state index contributed by atoms with van der Waals surface area (Å²) >= 11 is 13.1. The predicted molar refractivity (Wildman–Crippen MR) is 85.0 cm³/mol. The molecule has 1 aromatic carbocycles. The van der Waals surface area contributed by atoms with Gasteiger partial charge in [-0.25, -0.2) is 4.98 Å². The predicted octanol–water partition coefficient (Wildman–Crippen LogP) is 4.34. The van der Waals surface area contributed by atoms with E-state index in [0.717, 1.165) is 21.9 Å². The second-order valence-electron chi connectivity index (χ2n) is 4.24. The number of anilines is 1. The summed E-state index contributed by atoms with van der Waals surface area (Å²) in [5.41, 5.74) is 1.05. The molecule has 0 radical (unpaired) electrons. The maximum Gasteiger partial charge on any atom is 0.226 e. The summed E-state index contributed by atoms with van der Waals surface area (Å²) < 4.78 is 0. The van der Waals surface area contributed by atoms with E-state index in [2.05, 4.69) is 10.3 Å². The van der Waals surface area contributed by atoms with Gasteiger partial charge in [0.25, 0.3) is 0 Å². The molecule has 0 aliphatic heterocycles. The quantitative estimate of drug-likeness (QED) is 0.801. The molecule has 2 rings (SSSR count). The summed E-state index contributed by atoms with van der Waals surface area (Å²) in [6, 6.07) is 7.71. The largest absolute Gasteiger partial charge is 0.302 e. The van der Waals surface area contributed by atoms with Crippen molar-refractivity contribution in [3.8, 4) is 0 Å². The number of aromatic nitrogens is 1. The SMILES string of the molecule is O=C(CCCCl)Nc1ncc(Cc2ccccc2Cl)s1. The van der Waals surface area contributed by atoms with Crippen LogP contribution in [0.3, 0.4) is 0 Å². The number of amides is 1. The van der Waals surface area contributed by atoms with Crippen LogP contribution < -0.4 is 5.32 Å². The van der Waals surface area contributed by atoms with Crippen molar-refractivity contribution in [3.63, 3.8) is 0 Å². The van der Waals surface area contributed by atoms with Crippen molar-refractivity contribution in [3.05, 3.63) is 45.9 Å². The number of halogens is 2. The number of nitrogens with zero attached hydrogens (tertiary/aromatic N) is 1. The molecule has 0 bridgehead atoms. The first-order valence-corrected chi connectivity index (χ1v) is 7.96. The van der Waals surface area contributed by atoms with Crippen LogP contribution in [0, 0.1) is 0 Å². The monoisotopic (exact) mass is 328 g/mol. The third kappa shape index (κ3) is 4.47. The number of carbonyl (C=O) groups excluding carboxylic acids is 1. The fourth-order valence-corrected chi connectivity index (χ4v) is 2.87. The molecular weight excluding hydrogens is 315 g/mol. The van der Waals surface area contributed by atoms with Crippen molar-refractivity contribution in [2.75, 3.05) is 11.2 Å². The highest BCUT2D eigenvalue weighted by Crippen LogP contribution is 2.24. The van der Waals surface area contributed by atoms with Gasteiger partial charge in [-0.3, -0.25) is 4.79 Å². The smallest absolute Gasteiger partial charge is 0.226 e. The third-order valence-electron chi connectivity index (χ3n) is 2.66. The first-order valence-electron chi connectivity index (χ1n) is 6.23. The molecule has 1 N–H and O–H groups in total. The van der Waals surface area contributed by atoms with Gasteiger partial charge < -0.3 is 5.32 Å². The molecule has 0 saturated heterocycles. The molecule has 3 nitrogen and oxygen atoms in total. The molecule has 0 saturated carbocycles. The van der Waals surface area contributed by atoms with E-state index in [1.54, 1.807) is 6.20 Å². The van der Waals surface area contributed by atoms with Gasteiger partial charge in [-0.05, 0) is 18.1 Å². The van der Waals surface area contributed by atoms with Crippen LogP contribution in [0.15, 0.2) is 30.5 Å². The van der Waals surface area contributed by atoms with Gasteiger partial charge in [-0.1, -0.05) is 29.8 Å². The molecule has 0 fully saturated rings. The normalized spacial score (nSPS) is 10.5. The highest BCUT2D eigenvalue weighted by Gasteiger charge is 2.08. The molecule has 106 valence electrons. The van der Waals surface area contributed by atoms with Crippen LogP contribution >= 0.6 is 34.5 Å². The van der Waals surface area contributed by atoms with Crippen molar-refractivity contribution in [2.24, 2.45) is 0 Å². The lowest BCUT2D eigenvalue weighted by Crippen LogP contribution is -2.10. The van der Waals surface area contributed by atoms with E-state index in [0.29, 0.717) is 23.9 Å². The van der Waals surface area contributed by atoms with Crippen molar-refractivity contribution in [1.82, 2.24) is 4.98 Å². The van der Waals surface area contributed by atoms with E-state index in [4.69, 9.17) is 23.2 Å². The van der Waals surface area contributed by atoms with Crippen LogP contribution in [-0.2, 0) is 11.2 Å². The zero-order chi connectivity index (χ0) is 14.4. The zero-order valence-electron chi connectivity index (χ0n) is 10.7. The summed E-state index contributed by atoms with van der Waals surface area (Å²) in [4.78, 5) is 16.8. The van der Waals surface area contributed by atoms with Gasteiger partial charge in [0, 0.05) is 34.8 Å². The van der Waals surface area contributed by atoms with Gasteiger partial charge in [0.2, 0.25) is 5.91 Å². The van der Waals surface area contributed by atoms with Crippen molar-refractivity contribution < 1.29 is 4.79 Å². The molecule has 0 unspecified atom stereocenters. The third-order valence-corrected chi connectivity index (χ3v) is 4.21. The highest BCUT2D eigenvalue weighted by atomic mass is 35.5. The van der Waals surface area contributed by atoms with Crippen LogP contribution in [0.4, 0.5) is 5.13 Å². The second kappa shape index (κ2) is 7.62. The Morgan fingerprint density at radius 2 is 2.15 bits per heavy atom. The minimum atomic E-state index is -0.0516. The Labute approximate surface area is 131 Å². The summed E-state index contributed by atoms with van der Waals surface area (Å²) in [5.74, 6) is 0.438. The standard InChI is InChI=1S/C14H14Cl2N2OS/c15-7-3-6-13(19)18-14-17-9-11(20-14)8-10-4-1-2-5-12(10)16/h1-2,4-5,9H,3,6-8H2,(H,17,18,19). The number of hydrogen-bond donors (Lipinski definition) is 1. The van der Waals surface area contributed by atoms with Gasteiger partial charge in [-0.2, -0.15) is 0 Å². The van der Waals surface area contributed by atoms with Gasteiger partial charge in [0.05, 0.1) is 0 Å². The fraction of sp³-hybridized carbons (Fsp3) is 0.286. The average molecular weight is 329 g/mol. The Kier molecular flexibility index (Phi) is 5.83. The summed E-state index contributed by atoms with van der Waals surface area (Å²) in [6.07, 6.45) is 3.58. The van der Waals surface area contributed by atoms with Crippen LogP contribution in [-0.4, -0.2) is 16.8 Å². The van der Waals surface area contributed by atoms with Crippen molar-refractivity contribution in [1.29, 1.82) is 0 Å². The van der Waals surface area contributed by atoms with E-state index in [1.165, 1.54) is 11.3 Å². The Morgan fingerprint density at radius 3 is 2.90 bits per heavy atom. The van der Waals surface area contributed by atoms with Crippen molar-refractivity contribution >= 4 is 45.6 Å². The lowest BCUT2D eigenvalue weighted by atomic mass is 10.1. The Bertz CT molecular complexity index is 586. The van der Waals surface area contributed by atoms with Crippen LogP contribution in [0.2, 0.25) is 5.02 Å². The van der Waals surface area contributed by atoms with Crippen LogP contribution in [0.25, 0.3) is 0 Å². The first-order chi connectivity index (χ1) is 9.69. The maximum absolute atomic E-state index is 11.6. The molecule has 1 heterocycles.